The van der Waals surface area contributed by atoms with Gasteiger partial charge in [-0.25, -0.2) is 0 Å². The fourth-order valence-electron chi connectivity index (χ4n) is 4.45. The Kier molecular flexibility index (Phi) is 6.55. The van der Waals surface area contributed by atoms with Crippen LogP contribution in [-0.4, -0.2) is 70.6 Å². The van der Waals surface area contributed by atoms with Gasteiger partial charge in [-0.3, -0.25) is 24.3 Å². The fraction of sp³-hybridized carbons (Fsp3) is 0.360. The van der Waals surface area contributed by atoms with Crippen LogP contribution in [0.1, 0.15) is 30.9 Å². The van der Waals surface area contributed by atoms with Crippen molar-refractivity contribution >= 4 is 29.0 Å². The van der Waals surface area contributed by atoms with Gasteiger partial charge in [0.2, 0.25) is 5.91 Å². The summed E-state index contributed by atoms with van der Waals surface area (Å²) in [5, 5.41) is 2.74. The SMILES string of the molecule is CC(=O)Nc1ccc(C2=C(N(C)C3CCN(C)CC3)C(=O)N(Cc3ccncc3)C2=O)cc1. The van der Waals surface area contributed by atoms with Gasteiger partial charge in [0.1, 0.15) is 5.70 Å². The first-order valence-electron chi connectivity index (χ1n) is 11.1. The van der Waals surface area contributed by atoms with E-state index in [-0.39, 0.29) is 30.3 Å². The number of hydrogen-bond acceptors (Lipinski definition) is 6. The van der Waals surface area contributed by atoms with Crippen LogP contribution < -0.4 is 5.32 Å². The normalized spacial score (nSPS) is 17.6. The third-order valence-corrected chi connectivity index (χ3v) is 6.32. The molecular formula is C25H29N5O3. The Labute approximate surface area is 193 Å². The molecular weight excluding hydrogens is 418 g/mol. The van der Waals surface area contributed by atoms with Gasteiger partial charge in [-0.1, -0.05) is 12.1 Å². The Bertz CT molecular complexity index is 1070. The van der Waals surface area contributed by atoms with E-state index < -0.39 is 0 Å². The van der Waals surface area contributed by atoms with Crippen molar-refractivity contribution in [2.45, 2.75) is 32.4 Å². The van der Waals surface area contributed by atoms with Crippen LogP contribution in [0.4, 0.5) is 5.69 Å². The average Bonchev–Trinajstić information content (AvgIpc) is 3.05. The standard InChI is InChI=1S/C25H29N5O3/c1-17(31)27-20-6-4-19(5-7-20)22-23(29(3)21-10-14-28(2)15-11-21)25(33)30(24(22)32)16-18-8-12-26-13-9-18/h4-9,12-13,21H,10-11,14-16H2,1-3H3,(H,27,31). The third-order valence-electron chi connectivity index (χ3n) is 6.32. The van der Waals surface area contributed by atoms with Crippen molar-refractivity contribution < 1.29 is 14.4 Å². The Hall–Kier alpha value is -3.52. The van der Waals surface area contributed by atoms with Gasteiger partial charge in [0, 0.05) is 38.1 Å². The molecule has 0 saturated carbocycles. The van der Waals surface area contributed by atoms with E-state index in [2.05, 4.69) is 22.2 Å². The van der Waals surface area contributed by atoms with Gasteiger partial charge in [0.05, 0.1) is 12.1 Å². The van der Waals surface area contributed by atoms with E-state index in [1.54, 1.807) is 48.8 Å². The maximum atomic E-state index is 13.6. The molecule has 4 rings (SSSR count). The first-order valence-corrected chi connectivity index (χ1v) is 11.1. The number of carbonyl (C=O) groups is 3. The third kappa shape index (κ3) is 4.80. The molecule has 0 unspecified atom stereocenters. The number of nitrogens with one attached hydrogen (secondary N) is 1. The molecule has 1 N–H and O–H groups in total. The van der Waals surface area contributed by atoms with E-state index in [9.17, 15) is 14.4 Å². The van der Waals surface area contributed by atoms with E-state index in [0.717, 1.165) is 31.5 Å². The lowest BCUT2D eigenvalue weighted by Crippen LogP contribution is -2.43. The highest BCUT2D eigenvalue weighted by atomic mass is 16.2. The lowest BCUT2D eigenvalue weighted by Gasteiger charge is -2.36. The van der Waals surface area contributed by atoms with Gasteiger partial charge in [0.25, 0.3) is 11.8 Å². The Balaban J connectivity index is 1.70. The number of aromatic nitrogens is 1. The van der Waals surface area contributed by atoms with Crippen LogP contribution in [0.2, 0.25) is 0 Å². The van der Waals surface area contributed by atoms with E-state index >= 15 is 0 Å². The van der Waals surface area contributed by atoms with Crippen molar-refractivity contribution in [2.75, 3.05) is 32.5 Å². The van der Waals surface area contributed by atoms with Crippen LogP contribution in [0.5, 0.6) is 0 Å². The van der Waals surface area contributed by atoms with Gasteiger partial charge < -0.3 is 15.1 Å². The fourth-order valence-corrected chi connectivity index (χ4v) is 4.45. The lowest BCUT2D eigenvalue weighted by molar-refractivity contribution is -0.138. The number of likely N-dealkylation sites (N-methyl/N-ethyl adjacent to an activating group) is 1. The van der Waals surface area contributed by atoms with Crippen LogP contribution in [0.15, 0.2) is 54.5 Å². The summed E-state index contributed by atoms with van der Waals surface area (Å²) in [5.41, 5.74) is 2.99. The Morgan fingerprint density at radius 1 is 1.06 bits per heavy atom. The van der Waals surface area contributed by atoms with Crippen LogP contribution in [0.3, 0.4) is 0 Å². The van der Waals surface area contributed by atoms with E-state index in [0.29, 0.717) is 22.5 Å². The molecule has 172 valence electrons. The first kappa shape index (κ1) is 22.7. The molecule has 0 bridgehead atoms. The minimum absolute atomic E-state index is 0.166. The number of nitrogens with zero attached hydrogens (tertiary/aromatic N) is 4. The average molecular weight is 448 g/mol. The number of likely N-dealkylation sites (tertiary alicyclic amines) is 1. The molecule has 2 aliphatic rings. The monoisotopic (exact) mass is 447 g/mol. The first-order chi connectivity index (χ1) is 15.8. The minimum Gasteiger partial charge on any atom is -0.366 e. The zero-order chi connectivity index (χ0) is 23.5. The van der Waals surface area contributed by atoms with Crippen molar-refractivity contribution in [3.05, 3.63) is 65.6 Å². The molecule has 3 heterocycles. The smallest absolute Gasteiger partial charge is 0.278 e. The maximum Gasteiger partial charge on any atom is 0.278 e. The van der Waals surface area contributed by atoms with Crippen LogP contribution in [-0.2, 0) is 20.9 Å². The summed E-state index contributed by atoms with van der Waals surface area (Å²) < 4.78 is 0. The zero-order valence-corrected chi connectivity index (χ0v) is 19.2. The van der Waals surface area contributed by atoms with Crippen LogP contribution in [0, 0.1) is 0 Å². The second-order valence-electron chi connectivity index (χ2n) is 8.68. The highest BCUT2D eigenvalue weighted by Crippen LogP contribution is 2.34. The number of piperidine rings is 1. The summed E-state index contributed by atoms with van der Waals surface area (Å²) in [6.45, 7) is 3.54. The predicted octanol–water partition coefficient (Wildman–Crippen LogP) is 2.35. The number of amides is 3. The Morgan fingerprint density at radius 3 is 2.30 bits per heavy atom. The van der Waals surface area contributed by atoms with Gasteiger partial charge in [-0.2, -0.15) is 0 Å². The number of benzene rings is 1. The molecule has 2 aliphatic heterocycles. The number of pyridine rings is 1. The second-order valence-corrected chi connectivity index (χ2v) is 8.68. The van der Waals surface area contributed by atoms with Crippen molar-refractivity contribution in [1.29, 1.82) is 0 Å². The highest BCUT2D eigenvalue weighted by Gasteiger charge is 2.42. The van der Waals surface area contributed by atoms with Crippen molar-refractivity contribution in [1.82, 2.24) is 19.7 Å². The van der Waals surface area contributed by atoms with Crippen molar-refractivity contribution in [3.63, 3.8) is 0 Å². The zero-order valence-electron chi connectivity index (χ0n) is 19.2. The van der Waals surface area contributed by atoms with Gasteiger partial charge in [-0.05, 0) is 68.4 Å². The van der Waals surface area contributed by atoms with E-state index in [1.165, 1.54) is 11.8 Å². The molecule has 8 nitrogen and oxygen atoms in total. The van der Waals surface area contributed by atoms with E-state index in [1.807, 2.05) is 11.9 Å². The summed E-state index contributed by atoms with van der Waals surface area (Å²) in [7, 11) is 4.01. The summed E-state index contributed by atoms with van der Waals surface area (Å²) in [4.78, 5) is 48.1. The summed E-state index contributed by atoms with van der Waals surface area (Å²) in [6.07, 6.45) is 5.16. The maximum absolute atomic E-state index is 13.6. The van der Waals surface area contributed by atoms with Crippen molar-refractivity contribution in [2.24, 2.45) is 0 Å². The molecule has 33 heavy (non-hydrogen) atoms. The van der Waals surface area contributed by atoms with Gasteiger partial charge >= 0.3 is 0 Å². The number of hydrogen-bond donors (Lipinski definition) is 1. The summed E-state index contributed by atoms with van der Waals surface area (Å²) >= 11 is 0. The molecule has 0 aliphatic carbocycles. The predicted molar refractivity (Wildman–Crippen MR) is 126 cm³/mol. The van der Waals surface area contributed by atoms with Crippen molar-refractivity contribution in [3.8, 4) is 0 Å². The van der Waals surface area contributed by atoms with Gasteiger partial charge in [-0.15, -0.1) is 0 Å². The Morgan fingerprint density at radius 2 is 1.70 bits per heavy atom. The molecule has 1 aromatic heterocycles. The summed E-state index contributed by atoms with van der Waals surface area (Å²) in [5.74, 6) is -0.752. The second kappa shape index (κ2) is 9.54. The number of carbonyl (C=O) groups excluding carboxylic acids is 3. The molecule has 1 saturated heterocycles. The highest BCUT2D eigenvalue weighted by molar-refractivity contribution is 6.35. The molecule has 8 heteroatoms. The molecule has 3 amide bonds. The van der Waals surface area contributed by atoms with Crippen LogP contribution >= 0.6 is 0 Å². The number of anilines is 1. The summed E-state index contributed by atoms with van der Waals surface area (Å²) in [6, 6.07) is 10.9. The van der Waals surface area contributed by atoms with Gasteiger partial charge in [0.15, 0.2) is 0 Å². The molecule has 0 atom stereocenters. The minimum atomic E-state index is -0.307. The molecule has 1 aromatic carbocycles. The molecule has 2 aromatic rings. The largest absolute Gasteiger partial charge is 0.366 e. The molecule has 1 fully saturated rings. The molecule has 0 spiro atoms. The lowest BCUT2D eigenvalue weighted by atomic mass is 10.00. The quantitative estimate of drug-likeness (QED) is 0.685. The topological polar surface area (TPSA) is 85.8 Å². The molecule has 0 radical (unpaired) electrons. The number of rotatable bonds is 6. The van der Waals surface area contributed by atoms with Crippen LogP contribution in [0.25, 0.3) is 5.57 Å². The van der Waals surface area contributed by atoms with E-state index in [4.69, 9.17) is 0 Å². The number of imide groups is 1.